The molecule has 19 heavy (non-hydrogen) atoms. The van der Waals surface area contributed by atoms with Crippen LogP contribution in [0.2, 0.25) is 0 Å². The van der Waals surface area contributed by atoms with E-state index in [9.17, 15) is 4.79 Å². The molecule has 1 rings (SSSR count). The molecule has 0 radical (unpaired) electrons. The van der Waals surface area contributed by atoms with Gasteiger partial charge in [0.15, 0.2) is 0 Å². The van der Waals surface area contributed by atoms with Crippen molar-refractivity contribution in [1.29, 1.82) is 0 Å². The molecule has 0 saturated carbocycles. The van der Waals surface area contributed by atoms with Gasteiger partial charge in [0.25, 0.3) is 0 Å². The average Bonchev–Trinajstić information content (AvgIpc) is 2.41. The summed E-state index contributed by atoms with van der Waals surface area (Å²) in [5, 5.41) is 0. The number of rotatable bonds is 8. The average molecular weight is 290 g/mol. The van der Waals surface area contributed by atoms with Gasteiger partial charge in [-0.05, 0) is 13.3 Å². The van der Waals surface area contributed by atoms with Gasteiger partial charge in [-0.3, -0.25) is 4.79 Å². The molecular weight excluding hydrogens is 262 g/mol. The number of halogens is 1. The summed E-state index contributed by atoms with van der Waals surface area (Å²) in [5.74, 6) is 0.728. The highest BCUT2D eigenvalue weighted by Gasteiger charge is 2.27. The van der Waals surface area contributed by atoms with E-state index in [1.165, 1.54) is 32.1 Å². The van der Waals surface area contributed by atoms with Crippen LogP contribution in [-0.2, 0) is 9.53 Å². The first-order valence-electron chi connectivity index (χ1n) is 7.66. The molecule has 1 fully saturated rings. The van der Waals surface area contributed by atoms with Gasteiger partial charge in [-0.15, -0.1) is 11.6 Å². The second kappa shape index (κ2) is 9.60. The third kappa shape index (κ3) is 6.62. The standard InChI is InChI=1S/C15H28ClNO2/c1-3-4-5-6-7-8-9-15(18)17-11-13(2)19-14(10-16)12-17/h13-14H,3-12H2,1-2H3. The number of amides is 1. The lowest BCUT2D eigenvalue weighted by Gasteiger charge is -2.36. The van der Waals surface area contributed by atoms with E-state index in [2.05, 4.69) is 6.92 Å². The highest BCUT2D eigenvalue weighted by Crippen LogP contribution is 2.15. The molecule has 2 atom stereocenters. The van der Waals surface area contributed by atoms with Gasteiger partial charge in [0.1, 0.15) is 0 Å². The van der Waals surface area contributed by atoms with Crippen LogP contribution in [0.5, 0.6) is 0 Å². The van der Waals surface area contributed by atoms with Crippen molar-refractivity contribution in [2.24, 2.45) is 0 Å². The summed E-state index contributed by atoms with van der Waals surface area (Å²) in [5.41, 5.74) is 0. The van der Waals surface area contributed by atoms with Crippen LogP contribution < -0.4 is 0 Å². The zero-order chi connectivity index (χ0) is 14.1. The Morgan fingerprint density at radius 1 is 1.21 bits per heavy atom. The molecule has 0 aromatic carbocycles. The van der Waals surface area contributed by atoms with Gasteiger partial charge in [0.05, 0.1) is 18.1 Å². The number of ether oxygens (including phenoxy) is 1. The van der Waals surface area contributed by atoms with E-state index in [1.54, 1.807) is 0 Å². The molecule has 4 heteroatoms. The molecule has 3 nitrogen and oxygen atoms in total. The number of carbonyl (C=O) groups is 1. The van der Waals surface area contributed by atoms with Crippen molar-refractivity contribution in [3.05, 3.63) is 0 Å². The van der Waals surface area contributed by atoms with E-state index in [-0.39, 0.29) is 18.1 Å². The van der Waals surface area contributed by atoms with Crippen LogP contribution in [-0.4, -0.2) is 42.0 Å². The molecule has 1 aliphatic rings. The third-order valence-corrected chi connectivity index (χ3v) is 3.94. The molecule has 1 amide bonds. The van der Waals surface area contributed by atoms with Crippen LogP contribution in [0.3, 0.4) is 0 Å². The van der Waals surface area contributed by atoms with E-state index in [0.717, 1.165) is 6.42 Å². The number of unbranched alkanes of at least 4 members (excludes halogenated alkanes) is 5. The molecule has 1 saturated heterocycles. The lowest BCUT2D eigenvalue weighted by Crippen LogP contribution is -2.49. The smallest absolute Gasteiger partial charge is 0.222 e. The number of hydrogen-bond acceptors (Lipinski definition) is 2. The van der Waals surface area contributed by atoms with Crippen LogP contribution in [0, 0.1) is 0 Å². The minimum absolute atomic E-state index is 0.000999. The summed E-state index contributed by atoms with van der Waals surface area (Å²) in [6.45, 7) is 5.59. The van der Waals surface area contributed by atoms with E-state index in [0.29, 0.717) is 25.4 Å². The lowest BCUT2D eigenvalue weighted by molar-refractivity contribution is -0.143. The summed E-state index contributed by atoms with van der Waals surface area (Å²) in [7, 11) is 0. The molecule has 0 N–H and O–H groups in total. The highest BCUT2D eigenvalue weighted by molar-refractivity contribution is 6.18. The SMILES string of the molecule is CCCCCCCCC(=O)N1CC(C)OC(CCl)C1. The number of nitrogens with zero attached hydrogens (tertiary/aromatic N) is 1. The van der Waals surface area contributed by atoms with Gasteiger partial charge in [-0.1, -0.05) is 39.0 Å². The van der Waals surface area contributed by atoms with Crippen LogP contribution in [0.25, 0.3) is 0 Å². The van der Waals surface area contributed by atoms with Crippen molar-refractivity contribution in [1.82, 2.24) is 4.90 Å². The first kappa shape index (κ1) is 16.8. The maximum atomic E-state index is 12.1. The van der Waals surface area contributed by atoms with Gasteiger partial charge < -0.3 is 9.64 Å². The highest BCUT2D eigenvalue weighted by atomic mass is 35.5. The molecule has 0 aliphatic carbocycles. The topological polar surface area (TPSA) is 29.5 Å². The number of morpholine rings is 1. The Hall–Kier alpha value is -0.280. The molecular formula is C15H28ClNO2. The molecule has 1 heterocycles. The summed E-state index contributed by atoms with van der Waals surface area (Å²) in [6.07, 6.45) is 8.10. The Morgan fingerprint density at radius 2 is 1.89 bits per heavy atom. The molecule has 112 valence electrons. The monoisotopic (exact) mass is 289 g/mol. The van der Waals surface area contributed by atoms with Crippen molar-refractivity contribution in [3.8, 4) is 0 Å². The quantitative estimate of drug-likeness (QED) is 0.505. The van der Waals surface area contributed by atoms with Gasteiger partial charge in [0, 0.05) is 19.5 Å². The maximum Gasteiger partial charge on any atom is 0.222 e. The fraction of sp³-hybridized carbons (Fsp3) is 0.933. The summed E-state index contributed by atoms with van der Waals surface area (Å²) < 4.78 is 5.66. The fourth-order valence-electron chi connectivity index (χ4n) is 2.55. The zero-order valence-corrected chi connectivity index (χ0v) is 13.1. The van der Waals surface area contributed by atoms with Crippen LogP contribution in [0.4, 0.5) is 0 Å². The van der Waals surface area contributed by atoms with E-state index < -0.39 is 0 Å². The first-order valence-corrected chi connectivity index (χ1v) is 8.20. The van der Waals surface area contributed by atoms with Crippen molar-refractivity contribution in [2.45, 2.75) is 71.0 Å². The van der Waals surface area contributed by atoms with E-state index >= 15 is 0 Å². The van der Waals surface area contributed by atoms with E-state index in [1.807, 2.05) is 11.8 Å². The number of hydrogen-bond donors (Lipinski definition) is 0. The van der Waals surface area contributed by atoms with Crippen LogP contribution in [0.1, 0.15) is 58.8 Å². The summed E-state index contributed by atoms with van der Waals surface area (Å²) in [6, 6.07) is 0. The molecule has 0 aromatic rings. The second-order valence-corrected chi connectivity index (χ2v) is 5.85. The van der Waals surface area contributed by atoms with Gasteiger partial charge in [-0.25, -0.2) is 0 Å². The Labute approximate surface area is 122 Å². The van der Waals surface area contributed by atoms with Gasteiger partial charge in [-0.2, -0.15) is 0 Å². The van der Waals surface area contributed by atoms with Crippen molar-refractivity contribution in [2.75, 3.05) is 19.0 Å². The van der Waals surface area contributed by atoms with Crippen LogP contribution >= 0.6 is 11.6 Å². The number of alkyl halides is 1. The van der Waals surface area contributed by atoms with Crippen LogP contribution in [0.15, 0.2) is 0 Å². The maximum absolute atomic E-state index is 12.1. The van der Waals surface area contributed by atoms with Gasteiger partial charge in [0.2, 0.25) is 5.91 Å². The van der Waals surface area contributed by atoms with Crippen molar-refractivity contribution in [3.63, 3.8) is 0 Å². The second-order valence-electron chi connectivity index (χ2n) is 5.54. The van der Waals surface area contributed by atoms with E-state index in [4.69, 9.17) is 16.3 Å². The molecule has 0 bridgehead atoms. The molecule has 0 spiro atoms. The van der Waals surface area contributed by atoms with Gasteiger partial charge >= 0.3 is 0 Å². The number of carbonyl (C=O) groups excluding carboxylic acids is 1. The minimum Gasteiger partial charge on any atom is -0.370 e. The molecule has 2 unspecified atom stereocenters. The zero-order valence-electron chi connectivity index (χ0n) is 12.4. The predicted molar refractivity (Wildman–Crippen MR) is 79.6 cm³/mol. The third-order valence-electron chi connectivity index (χ3n) is 3.60. The first-order chi connectivity index (χ1) is 9.17. The predicted octanol–water partition coefficient (Wildman–Crippen LogP) is 3.59. The fourth-order valence-corrected chi connectivity index (χ4v) is 2.72. The van der Waals surface area contributed by atoms with Crippen molar-refractivity contribution < 1.29 is 9.53 Å². The normalized spacial score (nSPS) is 23.6. The lowest BCUT2D eigenvalue weighted by atomic mass is 10.1. The largest absolute Gasteiger partial charge is 0.370 e. The Bertz CT molecular complexity index is 261. The Morgan fingerprint density at radius 3 is 2.58 bits per heavy atom. The summed E-state index contributed by atoms with van der Waals surface area (Å²) >= 11 is 5.83. The minimum atomic E-state index is -0.000999. The Balaban J connectivity index is 2.17. The van der Waals surface area contributed by atoms with Crippen molar-refractivity contribution >= 4 is 17.5 Å². The summed E-state index contributed by atoms with van der Waals surface area (Å²) in [4.78, 5) is 14.0. The molecule has 0 aromatic heterocycles. The molecule has 1 aliphatic heterocycles. The Kier molecular flexibility index (Phi) is 8.47.